The molecule has 0 saturated heterocycles. The van der Waals surface area contributed by atoms with Gasteiger partial charge in [0.05, 0.1) is 13.2 Å². The Hall–Kier alpha value is -0.940. The molecule has 0 aromatic carbocycles. The molecule has 0 radical (unpaired) electrons. The first-order valence-electron chi connectivity index (χ1n) is 6.03. The van der Waals surface area contributed by atoms with Gasteiger partial charge in [0.1, 0.15) is 12.2 Å². The molecule has 1 rings (SSSR count). The maximum absolute atomic E-state index is 5.44. The number of rotatable bonds is 9. The van der Waals surface area contributed by atoms with Crippen molar-refractivity contribution in [2.45, 2.75) is 39.8 Å². The van der Waals surface area contributed by atoms with Crippen LogP contribution in [0.2, 0.25) is 0 Å². The standard InChI is InChI=1S/C11H22N4O/c1-3-5-7-16-8-6-12-9-11-13-10-14-15(11)4-2/h10,12H,3-9H2,1-2H3. The van der Waals surface area contributed by atoms with Gasteiger partial charge < -0.3 is 10.1 Å². The normalized spacial score (nSPS) is 10.9. The molecule has 5 nitrogen and oxygen atoms in total. The fraction of sp³-hybridized carbons (Fsp3) is 0.818. The molecular formula is C11H22N4O. The van der Waals surface area contributed by atoms with Gasteiger partial charge in [0.2, 0.25) is 0 Å². The summed E-state index contributed by atoms with van der Waals surface area (Å²) in [5.74, 6) is 0.982. The minimum absolute atomic E-state index is 0.755. The molecule has 0 aliphatic carbocycles. The van der Waals surface area contributed by atoms with E-state index in [1.54, 1.807) is 6.33 Å². The molecule has 16 heavy (non-hydrogen) atoms. The minimum atomic E-state index is 0.755. The summed E-state index contributed by atoms with van der Waals surface area (Å²) < 4.78 is 7.34. The molecule has 1 aromatic heterocycles. The van der Waals surface area contributed by atoms with Crippen LogP contribution < -0.4 is 5.32 Å². The molecule has 92 valence electrons. The molecule has 0 unspecified atom stereocenters. The van der Waals surface area contributed by atoms with Gasteiger partial charge in [0.15, 0.2) is 0 Å². The fourth-order valence-electron chi connectivity index (χ4n) is 1.38. The topological polar surface area (TPSA) is 52.0 Å². The van der Waals surface area contributed by atoms with Crippen molar-refractivity contribution in [3.8, 4) is 0 Å². The molecule has 0 aliphatic rings. The molecule has 0 fully saturated rings. The minimum Gasteiger partial charge on any atom is -0.380 e. The van der Waals surface area contributed by atoms with E-state index in [1.165, 1.54) is 6.42 Å². The summed E-state index contributed by atoms with van der Waals surface area (Å²) in [5, 5.41) is 7.40. The Labute approximate surface area is 97.2 Å². The SMILES string of the molecule is CCCCOCCNCc1ncnn1CC. The highest BCUT2D eigenvalue weighted by Gasteiger charge is 2.00. The molecular weight excluding hydrogens is 204 g/mol. The molecule has 0 bridgehead atoms. The number of aromatic nitrogens is 3. The van der Waals surface area contributed by atoms with E-state index in [4.69, 9.17) is 4.74 Å². The van der Waals surface area contributed by atoms with Crippen molar-refractivity contribution in [2.24, 2.45) is 0 Å². The predicted octanol–water partition coefficient (Wildman–Crippen LogP) is 1.20. The van der Waals surface area contributed by atoms with Crippen molar-refractivity contribution >= 4 is 0 Å². The Balaban J connectivity index is 2.03. The molecule has 0 atom stereocenters. The van der Waals surface area contributed by atoms with Crippen molar-refractivity contribution < 1.29 is 4.74 Å². The highest BCUT2D eigenvalue weighted by molar-refractivity contribution is 4.83. The van der Waals surface area contributed by atoms with Crippen LogP contribution in [0.1, 0.15) is 32.5 Å². The lowest BCUT2D eigenvalue weighted by molar-refractivity contribution is 0.132. The van der Waals surface area contributed by atoms with Crippen molar-refractivity contribution in [3.05, 3.63) is 12.2 Å². The van der Waals surface area contributed by atoms with Crippen molar-refractivity contribution in [1.82, 2.24) is 20.1 Å². The number of nitrogens with one attached hydrogen (secondary N) is 1. The molecule has 5 heteroatoms. The lowest BCUT2D eigenvalue weighted by Gasteiger charge is -2.06. The quantitative estimate of drug-likeness (QED) is 0.643. The maximum atomic E-state index is 5.44. The first kappa shape index (κ1) is 13.1. The van der Waals surface area contributed by atoms with Gasteiger partial charge in [0, 0.05) is 19.7 Å². The molecule has 1 N–H and O–H groups in total. The van der Waals surface area contributed by atoms with Crippen LogP contribution in [0.15, 0.2) is 6.33 Å². The third-order valence-corrected chi connectivity index (χ3v) is 2.34. The Kier molecular flexibility index (Phi) is 6.76. The average molecular weight is 226 g/mol. The maximum Gasteiger partial charge on any atom is 0.140 e. The van der Waals surface area contributed by atoms with Crippen molar-refractivity contribution in [2.75, 3.05) is 19.8 Å². The smallest absolute Gasteiger partial charge is 0.140 e. The number of ether oxygens (including phenoxy) is 1. The highest BCUT2D eigenvalue weighted by atomic mass is 16.5. The van der Waals surface area contributed by atoms with Gasteiger partial charge in [-0.15, -0.1) is 0 Å². The third kappa shape index (κ3) is 4.72. The van der Waals surface area contributed by atoms with Crippen LogP contribution in [-0.2, 0) is 17.8 Å². The van der Waals surface area contributed by atoms with Crippen LogP contribution in [-0.4, -0.2) is 34.5 Å². The van der Waals surface area contributed by atoms with Gasteiger partial charge in [-0.05, 0) is 13.3 Å². The van der Waals surface area contributed by atoms with Crippen LogP contribution in [0.5, 0.6) is 0 Å². The molecule has 0 saturated carbocycles. The summed E-state index contributed by atoms with van der Waals surface area (Å²) in [6, 6.07) is 0. The van der Waals surface area contributed by atoms with E-state index in [0.29, 0.717) is 0 Å². The number of unbranched alkanes of at least 4 members (excludes halogenated alkanes) is 1. The summed E-state index contributed by atoms with van der Waals surface area (Å²) in [7, 11) is 0. The van der Waals surface area contributed by atoms with Crippen LogP contribution in [0.25, 0.3) is 0 Å². The van der Waals surface area contributed by atoms with Gasteiger partial charge in [-0.2, -0.15) is 5.10 Å². The van der Waals surface area contributed by atoms with E-state index in [0.717, 1.165) is 45.1 Å². The van der Waals surface area contributed by atoms with Gasteiger partial charge >= 0.3 is 0 Å². The fourth-order valence-corrected chi connectivity index (χ4v) is 1.38. The largest absolute Gasteiger partial charge is 0.380 e. The van der Waals surface area contributed by atoms with Crippen molar-refractivity contribution in [3.63, 3.8) is 0 Å². The highest BCUT2D eigenvalue weighted by Crippen LogP contribution is 1.92. The van der Waals surface area contributed by atoms with Gasteiger partial charge in [-0.25, -0.2) is 9.67 Å². The summed E-state index contributed by atoms with van der Waals surface area (Å²) in [6.07, 6.45) is 3.93. The molecule has 0 amide bonds. The lowest BCUT2D eigenvalue weighted by Crippen LogP contribution is -2.22. The summed E-state index contributed by atoms with van der Waals surface area (Å²) in [5.41, 5.74) is 0. The first-order valence-corrected chi connectivity index (χ1v) is 6.03. The van der Waals surface area contributed by atoms with E-state index < -0.39 is 0 Å². The Morgan fingerprint density at radius 3 is 3.00 bits per heavy atom. The van der Waals surface area contributed by atoms with Crippen LogP contribution in [0, 0.1) is 0 Å². The summed E-state index contributed by atoms with van der Waals surface area (Å²) in [4.78, 5) is 4.18. The Morgan fingerprint density at radius 1 is 1.38 bits per heavy atom. The Morgan fingerprint density at radius 2 is 2.25 bits per heavy atom. The molecule has 0 spiro atoms. The first-order chi connectivity index (χ1) is 7.88. The van der Waals surface area contributed by atoms with Gasteiger partial charge in [-0.3, -0.25) is 0 Å². The lowest BCUT2D eigenvalue weighted by atomic mass is 10.4. The van der Waals surface area contributed by atoms with E-state index in [-0.39, 0.29) is 0 Å². The second kappa shape index (κ2) is 8.24. The zero-order valence-corrected chi connectivity index (χ0v) is 10.3. The molecule has 1 aromatic rings. The van der Waals surface area contributed by atoms with E-state index in [2.05, 4.69) is 29.2 Å². The second-order valence-corrected chi connectivity index (χ2v) is 3.63. The van der Waals surface area contributed by atoms with E-state index in [1.807, 2.05) is 4.68 Å². The van der Waals surface area contributed by atoms with Gasteiger partial charge in [0.25, 0.3) is 0 Å². The van der Waals surface area contributed by atoms with E-state index in [9.17, 15) is 0 Å². The predicted molar refractivity (Wildman–Crippen MR) is 63.1 cm³/mol. The Bertz CT molecular complexity index is 275. The van der Waals surface area contributed by atoms with Crippen molar-refractivity contribution in [1.29, 1.82) is 0 Å². The number of nitrogens with zero attached hydrogens (tertiary/aromatic N) is 3. The molecule has 1 heterocycles. The summed E-state index contributed by atoms with van der Waals surface area (Å²) >= 11 is 0. The van der Waals surface area contributed by atoms with E-state index >= 15 is 0 Å². The number of hydrogen-bond donors (Lipinski definition) is 1. The van der Waals surface area contributed by atoms with Crippen LogP contribution >= 0.6 is 0 Å². The number of aryl methyl sites for hydroxylation is 1. The van der Waals surface area contributed by atoms with Crippen LogP contribution in [0.3, 0.4) is 0 Å². The van der Waals surface area contributed by atoms with Crippen LogP contribution in [0.4, 0.5) is 0 Å². The zero-order chi connectivity index (χ0) is 11.6. The zero-order valence-electron chi connectivity index (χ0n) is 10.3. The van der Waals surface area contributed by atoms with Gasteiger partial charge in [-0.1, -0.05) is 13.3 Å². The average Bonchev–Trinajstić information content (AvgIpc) is 2.75. The second-order valence-electron chi connectivity index (χ2n) is 3.63. The monoisotopic (exact) mass is 226 g/mol. The third-order valence-electron chi connectivity index (χ3n) is 2.34. The summed E-state index contributed by atoms with van der Waals surface area (Å²) in [6.45, 7) is 8.34. The molecule has 0 aliphatic heterocycles. The number of hydrogen-bond acceptors (Lipinski definition) is 4.